The molecule has 0 saturated heterocycles. The first-order valence-corrected chi connectivity index (χ1v) is 7.32. The van der Waals surface area contributed by atoms with Gasteiger partial charge in [-0.05, 0) is 42.3 Å². The fourth-order valence-corrected chi connectivity index (χ4v) is 1.91. The molecule has 2 N–H and O–H groups in total. The van der Waals surface area contributed by atoms with Gasteiger partial charge in [-0.1, -0.05) is 17.7 Å². The first-order chi connectivity index (χ1) is 10.6. The number of aromatic nitrogens is 1. The predicted octanol–water partition coefficient (Wildman–Crippen LogP) is 2.92. The highest BCUT2D eigenvalue weighted by molar-refractivity contribution is 6.31. The molecule has 0 unspecified atom stereocenters. The van der Waals surface area contributed by atoms with Crippen molar-refractivity contribution in [3.8, 4) is 5.75 Å². The van der Waals surface area contributed by atoms with Crippen LogP contribution in [0.3, 0.4) is 0 Å². The largest absolute Gasteiger partial charge is 0.492 e. The normalized spacial score (nSPS) is 10.1. The van der Waals surface area contributed by atoms with E-state index in [1.807, 2.05) is 25.1 Å². The zero-order valence-corrected chi connectivity index (χ0v) is 13.1. The smallest absolute Gasteiger partial charge is 0.315 e. The molecular formula is C16H18ClN3O2. The summed E-state index contributed by atoms with van der Waals surface area (Å²) in [6.07, 6.45) is 3.41. The number of hydrogen-bond acceptors (Lipinski definition) is 3. The van der Waals surface area contributed by atoms with Crippen LogP contribution in [0.1, 0.15) is 11.1 Å². The van der Waals surface area contributed by atoms with Crippen LogP contribution in [-0.2, 0) is 6.54 Å². The van der Waals surface area contributed by atoms with Crippen molar-refractivity contribution in [3.63, 3.8) is 0 Å². The van der Waals surface area contributed by atoms with Crippen molar-refractivity contribution in [1.82, 2.24) is 15.6 Å². The van der Waals surface area contributed by atoms with Gasteiger partial charge in [0.1, 0.15) is 12.4 Å². The molecular weight excluding hydrogens is 302 g/mol. The minimum Gasteiger partial charge on any atom is -0.492 e. The highest BCUT2D eigenvalue weighted by Crippen LogP contribution is 2.20. The summed E-state index contributed by atoms with van der Waals surface area (Å²) < 4.78 is 5.54. The highest BCUT2D eigenvalue weighted by atomic mass is 35.5. The molecule has 2 amide bonds. The topological polar surface area (TPSA) is 63.2 Å². The van der Waals surface area contributed by atoms with Gasteiger partial charge >= 0.3 is 6.03 Å². The van der Waals surface area contributed by atoms with Gasteiger partial charge in [-0.15, -0.1) is 0 Å². The van der Waals surface area contributed by atoms with E-state index in [1.54, 1.807) is 24.5 Å². The first-order valence-electron chi connectivity index (χ1n) is 6.95. The summed E-state index contributed by atoms with van der Waals surface area (Å²) in [5.74, 6) is 0.736. The van der Waals surface area contributed by atoms with E-state index in [1.165, 1.54) is 0 Å². The zero-order valence-electron chi connectivity index (χ0n) is 12.3. The minimum atomic E-state index is -0.236. The monoisotopic (exact) mass is 319 g/mol. The average Bonchev–Trinajstić information content (AvgIpc) is 2.54. The van der Waals surface area contributed by atoms with E-state index in [2.05, 4.69) is 15.6 Å². The third kappa shape index (κ3) is 5.26. The fraction of sp³-hybridized carbons (Fsp3) is 0.250. The van der Waals surface area contributed by atoms with Crippen molar-refractivity contribution in [1.29, 1.82) is 0 Å². The van der Waals surface area contributed by atoms with E-state index in [0.717, 1.165) is 16.9 Å². The lowest BCUT2D eigenvalue weighted by Gasteiger charge is -2.10. The molecule has 1 aromatic heterocycles. The second kappa shape index (κ2) is 8.24. The Balaban J connectivity index is 1.63. The minimum absolute atomic E-state index is 0.236. The zero-order chi connectivity index (χ0) is 15.8. The lowest BCUT2D eigenvalue weighted by Crippen LogP contribution is -2.37. The van der Waals surface area contributed by atoms with Crippen molar-refractivity contribution in [2.75, 3.05) is 13.2 Å². The van der Waals surface area contributed by atoms with E-state index in [9.17, 15) is 4.79 Å². The number of ether oxygens (including phenoxy) is 1. The molecule has 6 heteroatoms. The van der Waals surface area contributed by atoms with E-state index >= 15 is 0 Å². The molecule has 0 bridgehead atoms. The van der Waals surface area contributed by atoms with Gasteiger partial charge in [0.05, 0.1) is 6.54 Å². The van der Waals surface area contributed by atoms with Gasteiger partial charge < -0.3 is 15.4 Å². The van der Waals surface area contributed by atoms with Crippen LogP contribution in [0.2, 0.25) is 5.02 Å². The van der Waals surface area contributed by atoms with Crippen molar-refractivity contribution in [2.45, 2.75) is 13.5 Å². The highest BCUT2D eigenvalue weighted by Gasteiger charge is 2.01. The molecule has 0 saturated carbocycles. The molecule has 0 spiro atoms. The van der Waals surface area contributed by atoms with Gasteiger partial charge in [0.2, 0.25) is 0 Å². The van der Waals surface area contributed by atoms with Crippen molar-refractivity contribution < 1.29 is 9.53 Å². The standard InChI is InChI=1S/C16H18ClN3O2/c1-12-9-14(4-5-15(12)17)22-8-7-19-16(21)20-11-13-3-2-6-18-10-13/h2-6,9-10H,7-8,11H2,1H3,(H2,19,20,21). The molecule has 0 aliphatic rings. The number of nitrogens with zero attached hydrogens (tertiary/aromatic N) is 1. The van der Waals surface area contributed by atoms with Crippen LogP contribution in [0.15, 0.2) is 42.7 Å². The Morgan fingerprint density at radius 1 is 1.32 bits per heavy atom. The number of nitrogens with one attached hydrogen (secondary N) is 2. The van der Waals surface area contributed by atoms with Gasteiger partial charge in [-0.2, -0.15) is 0 Å². The molecule has 22 heavy (non-hydrogen) atoms. The molecule has 0 aliphatic heterocycles. The third-order valence-electron chi connectivity index (χ3n) is 2.96. The number of carbonyl (C=O) groups excluding carboxylic acids is 1. The number of urea groups is 1. The number of rotatable bonds is 6. The summed E-state index contributed by atoms with van der Waals surface area (Å²) in [6.45, 7) is 3.16. The molecule has 1 heterocycles. The molecule has 0 fully saturated rings. The number of halogens is 1. The number of carbonyl (C=O) groups is 1. The Labute approximate surface area is 134 Å². The summed E-state index contributed by atoms with van der Waals surface area (Å²) in [4.78, 5) is 15.6. The summed E-state index contributed by atoms with van der Waals surface area (Å²) in [5, 5.41) is 6.19. The maximum atomic E-state index is 11.6. The van der Waals surface area contributed by atoms with Crippen molar-refractivity contribution >= 4 is 17.6 Å². The lowest BCUT2D eigenvalue weighted by atomic mass is 10.2. The van der Waals surface area contributed by atoms with Crippen LogP contribution in [-0.4, -0.2) is 24.2 Å². The van der Waals surface area contributed by atoms with E-state index < -0.39 is 0 Å². The maximum Gasteiger partial charge on any atom is 0.315 e. The van der Waals surface area contributed by atoms with Crippen LogP contribution in [0.5, 0.6) is 5.75 Å². The molecule has 116 valence electrons. The van der Waals surface area contributed by atoms with Gasteiger partial charge in [0.25, 0.3) is 0 Å². The first kappa shape index (κ1) is 16.1. The summed E-state index contributed by atoms with van der Waals surface area (Å²) in [6, 6.07) is 8.96. The van der Waals surface area contributed by atoms with Crippen LogP contribution >= 0.6 is 11.6 Å². The molecule has 2 rings (SSSR count). The Kier molecular flexibility index (Phi) is 6.03. The number of amides is 2. The van der Waals surface area contributed by atoms with Gasteiger partial charge in [-0.3, -0.25) is 4.98 Å². The van der Waals surface area contributed by atoms with Crippen LogP contribution in [0.25, 0.3) is 0 Å². The molecule has 1 aromatic carbocycles. The van der Waals surface area contributed by atoms with E-state index in [0.29, 0.717) is 24.7 Å². The lowest BCUT2D eigenvalue weighted by molar-refractivity contribution is 0.236. The Morgan fingerprint density at radius 2 is 2.18 bits per heavy atom. The van der Waals surface area contributed by atoms with Crippen molar-refractivity contribution in [2.24, 2.45) is 0 Å². The number of pyridine rings is 1. The Morgan fingerprint density at radius 3 is 2.91 bits per heavy atom. The van der Waals surface area contributed by atoms with Crippen LogP contribution in [0, 0.1) is 6.92 Å². The number of hydrogen-bond donors (Lipinski definition) is 2. The van der Waals surface area contributed by atoms with E-state index in [4.69, 9.17) is 16.3 Å². The predicted molar refractivity (Wildman–Crippen MR) is 86.2 cm³/mol. The summed E-state index contributed by atoms with van der Waals surface area (Å²) >= 11 is 5.94. The molecule has 0 atom stereocenters. The second-order valence-corrected chi connectivity index (χ2v) is 5.14. The average molecular weight is 320 g/mol. The number of aryl methyl sites for hydroxylation is 1. The van der Waals surface area contributed by atoms with Gasteiger partial charge in [-0.25, -0.2) is 4.79 Å². The quantitative estimate of drug-likeness (QED) is 0.805. The van der Waals surface area contributed by atoms with Crippen molar-refractivity contribution in [3.05, 3.63) is 58.9 Å². The second-order valence-electron chi connectivity index (χ2n) is 4.73. The maximum absolute atomic E-state index is 11.6. The fourth-order valence-electron chi connectivity index (χ4n) is 1.79. The molecule has 5 nitrogen and oxygen atoms in total. The SMILES string of the molecule is Cc1cc(OCCNC(=O)NCc2cccnc2)ccc1Cl. The Bertz CT molecular complexity index is 620. The van der Waals surface area contributed by atoms with Crippen LogP contribution in [0.4, 0.5) is 4.79 Å². The van der Waals surface area contributed by atoms with Gasteiger partial charge in [0, 0.05) is 24.0 Å². The molecule has 0 radical (unpaired) electrons. The molecule has 0 aliphatic carbocycles. The summed E-state index contributed by atoms with van der Waals surface area (Å²) in [5.41, 5.74) is 1.91. The number of benzene rings is 1. The summed E-state index contributed by atoms with van der Waals surface area (Å²) in [7, 11) is 0. The van der Waals surface area contributed by atoms with Gasteiger partial charge in [0.15, 0.2) is 0 Å². The van der Waals surface area contributed by atoms with E-state index in [-0.39, 0.29) is 6.03 Å². The Hall–Kier alpha value is -2.27. The van der Waals surface area contributed by atoms with Crippen LogP contribution < -0.4 is 15.4 Å². The molecule has 2 aromatic rings. The third-order valence-corrected chi connectivity index (χ3v) is 3.39.